The highest BCUT2D eigenvalue weighted by Crippen LogP contribution is 2.33. The van der Waals surface area contributed by atoms with Crippen molar-refractivity contribution in [3.8, 4) is 6.07 Å². The van der Waals surface area contributed by atoms with E-state index >= 15 is 0 Å². The van der Waals surface area contributed by atoms with E-state index in [9.17, 15) is 5.26 Å². The number of nitriles is 1. The van der Waals surface area contributed by atoms with Crippen LogP contribution in [0.1, 0.15) is 25.0 Å². The van der Waals surface area contributed by atoms with Crippen LogP contribution in [0.15, 0.2) is 47.4 Å². The molecule has 0 aromatic heterocycles. The molecule has 3 heteroatoms. The van der Waals surface area contributed by atoms with E-state index in [1.54, 1.807) is 11.8 Å². The number of aryl methyl sites for hydroxylation is 1. The fourth-order valence-electron chi connectivity index (χ4n) is 2.28. The van der Waals surface area contributed by atoms with Gasteiger partial charge < -0.3 is 4.90 Å². The number of nitrogens with zero attached hydrogens (tertiary/aromatic N) is 2. The van der Waals surface area contributed by atoms with Crippen molar-refractivity contribution in [3.63, 3.8) is 0 Å². The van der Waals surface area contributed by atoms with Gasteiger partial charge in [-0.3, -0.25) is 0 Å². The zero-order valence-electron chi connectivity index (χ0n) is 12.8. The van der Waals surface area contributed by atoms with Crippen molar-refractivity contribution in [1.82, 2.24) is 0 Å². The van der Waals surface area contributed by atoms with Crippen LogP contribution < -0.4 is 4.90 Å². The minimum atomic E-state index is 0.756. The molecule has 0 radical (unpaired) electrons. The molecule has 2 aromatic carbocycles. The molecule has 0 spiro atoms. The summed E-state index contributed by atoms with van der Waals surface area (Å²) in [6.07, 6.45) is 1.04. The summed E-state index contributed by atoms with van der Waals surface area (Å²) in [6, 6.07) is 16.9. The summed E-state index contributed by atoms with van der Waals surface area (Å²) < 4.78 is 0. The number of thioether (sulfide) groups is 1. The van der Waals surface area contributed by atoms with Gasteiger partial charge in [0.25, 0.3) is 0 Å². The maximum Gasteiger partial charge on any atom is 0.103 e. The Morgan fingerprint density at radius 3 is 2.38 bits per heavy atom. The Morgan fingerprint density at radius 1 is 1.10 bits per heavy atom. The molecule has 0 heterocycles. The SMILES string of the molecule is CCSc1cccc(N(C)c2ccc(CC)cc2)c1C#N. The van der Waals surface area contributed by atoms with Crippen LogP contribution in [0.5, 0.6) is 0 Å². The van der Waals surface area contributed by atoms with Gasteiger partial charge in [-0.2, -0.15) is 5.26 Å². The summed E-state index contributed by atoms with van der Waals surface area (Å²) in [7, 11) is 2.01. The number of benzene rings is 2. The maximum atomic E-state index is 9.51. The molecule has 0 N–H and O–H groups in total. The first-order valence-corrected chi connectivity index (χ1v) is 8.18. The van der Waals surface area contributed by atoms with E-state index in [1.807, 2.05) is 25.2 Å². The van der Waals surface area contributed by atoms with Crippen molar-refractivity contribution in [2.75, 3.05) is 17.7 Å². The molecule has 0 bridgehead atoms. The highest BCUT2D eigenvalue weighted by Gasteiger charge is 2.13. The molecular weight excluding hydrogens is 276 g/mol. The molecular formula is C18H20N2S. The third-order valence-electron chi connectivity index (χ3n) is 3.51. The Labute approximate surface area is 131 Å². The summed E-state index contributed by atoms with van der Waals surface area (Å²) in [5.41, 5.74) is 4.14. The average molecular weight is 296 g/mol. The van der Waals surface area contributed by atoms with Gasteiger partial charge in [-0.05, 0) is 42.0 Å². The Bertz CT molecular complexity index is 641. The lowest BCUT2D eigenvalue weighted by Gasteiger charge is -2.22. The van der Waals surface area contributed by atoms with Crippen LogP contribution in [0.3, 0.4) is 0 Å². The predicted molar refractivity (Wildman–Crippen MR) is 91.4 cm³/mol. The summed E-state index contributed by atoms with van der Waals surface area (Å²) >= 11 is 1.71. The molecule has 2 aromatic rings. The number of anilines is 2. The average Bonchev–Trinajstić information content (AvgIpc) is 2.54. The molecule has 108 valence electrons. The lowest BCUT2D eigenvalue weighted by Crippen LogP contribution is -2.11. The Morgan fingerprint density at radius 2 is 1.81 bits per heavy atom. The molecule has 0 saturated carbocycles. The fourth-order valence-corrected chi connectivity index (χ4v) is 3.06. The molecule has 0 amide bonds. The first kappa shape index (κ1) is 15.5. The summed E-state index contributed by atoms with van der Waals surface area (Å²) in [6.45, 7) is 4.25. The molecule has 0 atom stereocenters. The van der Waals surface area contributed by atoms with E-state index in [0.29, 0.717) is 0 Å². The van der Waals surface area contributed by atoms with Crippen LogP contribution in [-0.2, 0) is 6.42 Å². The lowest BCUT2D eigenvalue weighted by molar-refractivity contribution is 1.13. The summed E-state index contributed by atoms with van der Waals surface area (Å²) in [4.78, 5) is 3.13. The number of hydrogen-bond acceptors (Lipinski definition) is 3. The van der Waals surface area contributed by atoms with Gasteiger partial charge in [-0.15, -0.1) is 11.8 Å². The molecule has 0 aliphatic rings. The van der Waals surface area contributed by atoms with Gasteiger partial charge in [0.2, 0.25) is 0 Å². The van der Waals surface area contributed by atoms with Crippen molar-refractivity contribution in [2.24, 2.45) is 0 Å². The smallest absolute Gasteiger partial charge is 0.103 e. The molecule has 0 aliphatic carbocycles. The van der Waals surface area contributed by atoms with E-state index in [2.05, 4.69) is 49.1 Å². The van der Waals surface area contributed by atoms with Crippen LogP contribution in [0.2, 0.25) is 0 Å². The Balaban J connectivity index is 2.40. The third kappa shape index (κ3) is 3.40. The van der Waals surface area contributed by atoms with Crippen LogP contribution in [0.25, 0.3) is 0 Å². The van der Waals surface area contributed by atoms with Gasteiger partial charge in [0.05, 0.1) is 11.3 Å². The second-order valence-corrected chi connectivity index (χ2v) is 6.08. The quantitative estimate of drug-likeness (QED) is 0.726. The minimum absolute atomic E-state index is 0.756. The Hall–Kier alpha value is -1.92. The van der Waals surface area contributed by atoms with Gasteiger partial charge in [-0.25, -0.2) is 0 Å². The highest BCUT2D eigenvalue weighted by molar-refractivity contribution is 7.99. The molecule has 2 nitrogen and oxygen atoms in total. The van der Waals surface area contributed by atoms with E-state index in [-0.39, 0.29) is 0 Å². The van der Waals surface area contributed by atoms with Crippen molar-refractivity contribution in [3.05, 3.63) is 53.6 Å². The van der Waals surface area contributed by atoms with Crippen molar-refractivity contribution >= 4 is 23.1 Å². The van der Waals surface area contributed by atoms with Crippen molar-refractivity contribution < 1.29 is 0 Å². The Kier molecular flexibility index (Phi) is 5.30. The van der Waals surface area contributed by atoms with Gasteiger partial charge in [0.1, 0.15) is 6.07 Å². The van der Waals surface area contributed by atoms with Gasteiger partial charge in [0.15, 0.2) is 0 Å². The first-order chi connectivity index (χ1) is 10.2. The van der Waals surface area contributed by atoms with Crippen LogP contribution in [-0.4, -0.2) is 12.8 Å². The van der Waals surface area contributed by atoms with Crippen molar-refractivity contribution in [2.45, 2.75) is 25.2 Å². The predicted octanol–water partition coefficient (Wildman–Crippen LogP) is 5.00. The molecule has 0 unspecified atom stereocenters. The molecule has 0 saturated heterocycles. The second-order valence-electron chi connectivity index (χ2n) is 4.77. The number of rotatable bonds is 5. The zero-order valence-corrected chi connectivity index (χ0v) is 13.6. The van der Waals surface area contributed by atoms with Gasteiger partial charge >= 0.3 is 0 Å². The van der Waals surface area contributed by atoms with Crippen molar-refractivity contribution in [1.29, 1.82) is 5.26 Å². The number of hydrogen-bond donors (Lipinski definition) is 0. The fraction of sp³-hybridized carbons (Fsp3) is 0.278. The molecule has 0 fully saturated rings. The maximum absolute atomic E-state index is 9.51. The standard InChI is InChI=1S/C18H20N2S/c1-4-14-9-11-15(12-10-14)20(3)17-7-6-8-18(21-5-2)16(17)13-19/h6-12H,4-5H2,1-3H3. The van der Waals surface area contributed by atoms with E-state index in [4.69, 9.17) is 0 Å². The summed E-state index contributed by atoms with van der Waals surface area (Å²) in [5.74, 6) is 0.965. The molecule has 0 aliphatic heterocycles. The summed E-state index contributed by atoms with van der Waals surface area (Å²) in [5, 5.41) is 9.51. The largest absolute Gasteiger partial charge is 0.344 e. The minimum Gasteiger partial charge on any atom is -0.344 e. The third-order valence-corrected chi connectivity index (χ3v) is 4.45. The second kappa shape index (κ2) is 7.19. The first-order valence-electron chi connectivity index (χ1n) is 7.19. The van der Waals surface area contributed by atoms with Crippen LogP contribution in [0, 0.1) is 11.3 Å². The molecule has 21 heavy (non-hydrogen) atoms. The molecule has 2 rings (SSSR count). The van der Waals surface area contributed by atoms with Crippen LogP contribution in [0.4, 0.5) is 11.4 Å². The zero-order chi connectivity index (χ0) is 15.2. The van der Waals surface area contributed by atoms with E-state index in [0.717, 1.165) is 34.0 Å². The van der Waals surface area contributed by atoms with Gasteiger partial charge in [0, 0.05) is 17.6 Å². The lowest BCUT2D eigenvalue weighted by atomic mass is 10.1. The van der Waals surface area contributed by atoms with E-state index < -0.39 is 0 Å². The normalized spacial score (nSPS) is 10.2. The topological polar surface area (TPSA) is 27.0 Å². The highest BCUT2D eigenvalue weighted by atomic mass is 32.2. The van der Waals surface area contributed by atoms with Crippen LogP contribution >= 0.6 is 11.8 Å². The van der Waals surface area contributed by atoms with Gasteiger partial charge in [-0.1, -0.05) is 32.0 Å². The monoisotopic (exact) mass is 296 g/mol. The van der Waals surface area contributed by atoms with E-state index in [1.165, 1.54) is 5.56 Å².